The molecule has 1 saturated heterocycles. The van der Waals surface area contributed by atoms with E-state index in [4.69, 9.17) is 4.74 Å². The Balaban J connectivity index is 0.00000338. The van der Waals surface area contributed by atoms with Crippen molar-refractivity contribution in [3.63, 3.8) is 0 Å². The smallest absolute Gasteiger partial charge is 0.405 e. The number of carbonyl (C=O) groups excluding carboxylic acids is 1. The molecule has 1 atom stereocenters. The molecule has 1 fully saturated rings. The van der Waals surface area contributed by atoms with Crippen molar-refractivity contribution in [2.24, 2.45) is 0 Å². The van der Waals surface area contributed by atoms with Crippen LogP contribution in [0.15, 0.2) is 24.3 Å². The number of carbonyl (C=O) groups is 1. The molecule has 1 aliphatic heterocycles. The number of rotatable bonds is 6. The summed E-state index contributed by atoms with van der Waals surface area (Å²) in [5, 5.41) is 5.44. The van der Waals surface area contributed by atoms with Crippen molar-refractivity contribution in [3.05, 3.63) is 29.8 Å². The van der Waals surface area contributed by atoms with Gasteiger partial charge in [-0.15, -0.1) is 12.4 Å². The largest absolute Gasteiger partial charge is 0.490 e. The summed E-state index contributed by atoms with van der Waals surface area (Å²) in [7, 11) is 0. The fourth-order valence-electron chi connectivity index (χ4n) is 2.74. The summed E-state index contributed by atoms with van der Waals surface area (Å²) in [4.78, 5) is 13.7. The number of alkyl halides is 3. The van der Waals surface area contributed by atoms with E-state index < -0.39 is 24.7 Å². The van der Waals surface area contributed by atoms with E-state index in [-0.39, 0.29) is 24.1 Å². The average Bonchev–Trinajstić information content (AvgIpc) is 2.54. The van der Waals surface area contributed by atoms with Gasteiger partial charge in [0, 0.05) is 32.7 Å². The predicted molar refractivity (Wildman–Crippen MR) is 96.1 cm³/mol. The fraction of sp³-hybridized carbons (Fsp3) is 0.588. The Morgan fingerprint density at radius 3 is 2.46 bits per heavy atom. The van der Waals surface area contributed by atoms with E-state index in [1.807, 2.05) is 13.8 Å². The van der Waals surface area contributed by atoms with Crippen molar-refractivity contribution in [1.29, 1.82) is 0 Å². The van der Waals surface area contributed by atoms with Crippen LogP contribution in [-0.2, 0) is 0 Å². The first-order valence-electron chi connectivity index (χ1n) is 8.34. The van der Waals surface area contributed by atoms with Crippen LogP contribution in [0.5, 0.6) is 5.75 Å². The van der Waals surface area contributed by atoms with Gasteiger partial charge in [-0.25, -0.2) is 0 Å². The molecule has 2 N–H and O–H groups in total. The predicted octanol–water partition coefficient (Wildman–Crippen LogP) is 2.46. The second-order valence-electron chi connectivity index (χ2n) is 6.22. The molecule has 0 spiro atoms. The lowest BCUT2D eigenvalue weighted by molar-refractivity contribution is -0.183. The van der Waals surface area contributed by atoms with Gasteiger partial charge in [-0.1, -0.05) is 12.1 Å². The van der Waals surface area contributed by atoms with Crippen molar-refractivity contribution < 1.29 is 22.7 Å². The minimum absolute atomic E-state index is 0. The lowest BCUT2D eigenvalue weighted by Crippen LogP contribution is -2.57. The maximum absolute atomic E-state index is 13.4. The van der Waals surface area contributed by atoms with Gasteiger partial charge in [0.25, 0.3) is 5.91 Å². The van der Waals surface area contributed by atoms with E-state index >= 15 is 0 Å². The van der Waals surface area contributed by atoms with Crippen molar-refractivity contribution >= 4 is 18.3 Å². The molecule has 1 heterocycles. The third-order valence-electron chi connectivity index (χ3n) is 3.92. The SMILES string of the molecule is CC(C)Oc1ccccc1C(=O)NCC(N1CCNCC1)C(F)(F)F.Cl. The normalized spacial score (nSPS) is 16.7. The topological polar surface area (TPSA) is 53.6 Å². The molecule has 1 aromatic rings. The molecule has 0 aromatic heterocycles. The number of nitrogens with zero attached hydrogens (tertiary/aromatic N) is 1. The summed E-state index contributed by atoms with van der Waals surface area (Å²) >= 11 is 0. The molecule has 5 nitrogen and oxygen atoms in total. The Labute approximate surface area is 157 Å². The Hall–Kier alpha value is -1.51. The first-order chi connectivity index (χ1) is 11.8. The first kappa shape index (κ1) is 22.5. The maximum atomic E-state index is 13.4. The lowest BCUT2D eigenvalue weighted by atomic mass is 10.1. The molecule has 1 aliphatic rings. The van der Waals surface area contributed by atoms with Crippen molar-refractivity contribution in [3.8, 4) is 5.75 Å². The Bertz CT molecular complexity index is 579. The van der Waals surface area contributed by atoms with Gasteiger partial charge in [-0.3, -0.25) is 9.69 Å². The third kappa shape index (κ3) is 6.34. The standard InChI is InChI=1S/C17H24F3N3O2.ClH/c1-12(2)25-14-6-4-3-5-13(14)16(24)22-11-15(17(18,19)20)23-9-7-21-8-10-23;/h3-6,12,15,21H,7-11H2,1-2H3,(H,22,24);1H. The number of piperazine rings is 1. The second-order valence-corrected chi connectivity index (χ2v) is 6.22. The molecular formula is C17H25ClF3N3O2. The molecule has 0 bridgehead atoms. The van der Waals surface area contributed by atoms with Crippen LogP contribution in [-0.4, -0.2) is 61.9 Å². The van der Waals surface area contributed by atoms with E-state index in [9.17, 15) is 18.0 Å². The van der Waals surface area contributed by atoms with E-state index in [0.29, 0.717) is 31.9 Å². The summed E-state index contributed by atoms with van der Waals surface area (Å²) in [6.07, 6.45) is -4.55. The van der Waals surface area contributed by atoms with Crippen LogP contribution in [0.4, 0.5) is 13.2 Å². The van der Waals surface area contributed by atoms with Crippen LogP contribution in [0.2, 0.25) is 0 Å². The summed E-state index contributed by atoms with van der Waals surface area (Å²) in [5.74, 6) is -0.207. The zero-order chi connectivity index (χ0) is 18.4. The highest BCUT2D eigenvalue weighted by Crippen LogP contribution is 2.25. The molecule has 0 radical (unpaired) electrons. The number of hydrogen-bond donors (Lipinski definition) is 2. The number of amides is 1. The molecule has 1 unspecified atom stereocenters. The highest BCUT2D eigenvalue weighted by Gasteiger charge is 2.43. The molecule has 0 aliphatic carbocycles. The van der Waals surface area contributed by atoms with Crippen LogP contribution in [0.25, 0.3) is 0 Å². The maximum Gasteiger partial charge on any atom is 0.405 e. The number of halogens is 4. The zero-order valence-corrected chi connectivity index (χ0v) is 15.6. The van der Waals surface area contributed by atoms with Crippen molar-refractivity contribution in [2.45, 2.75) is 32.2 Å². The number of hydrogen-bond acceptors (Lipinski definition) is 4. The molecule has 9 heteroatoms. The molecule has 148 valence electrons. The van der Waals surface area contributed by atoms with Gasteiger partial charge in [0.05, 0.1) is 11.7 Å². The zero-order valence-electron chi connectivity index (χ0n) is 14.8. The highest BCUT2D eigenvalue weighted by molar-refractivity contribution is 5.96. The number of nitrogens with one attached hydrogen (secondary N) is 2. The quantitative estimate of drug-likeness (QED) is 0.777. The van der Waals surface area contributed by atoms with Gasteiger partial charge in [0.15, 0.2) is 0 Å². The number of para-hydroxylation sites is 1. The van der Waals surface area contributed by atoms with Crippen molar-refractivity contribution in [2.75, 3.05) is 32.7 Å². The van der Waals surface area contributed by atoms with Crippen molar-refractivity contribution in [1.82, 2.24) is 15.5 Å². The third-order valence-corrected chi connectivity index (χ3v) is 3.92. The molecule has 1 amide bonds. The van der Waals surface area contributed by atoms with Gasteiger partial charge >= 0.3 is 6.18 Å². The van der Waals surface area contributed by atoms with Crippen LogP contribution in [0.1, 0.15) is 24.2 Å². The van der Waals surface area contributed by atoms with E-state index in [1.54, 1.807) is 24.3 Å². The van der Waals surface area contributed by atoms with E-state index in [2.05, 4.69) is 10.6 Å². The number of benzene rings is 1. The molecule has 1 aromatic carbocycles. The minimum Gasteiger partial charge on any atom is -0.490 e. The highest BCUT2D eigenvalue weighted by atomic mass is 35.5. The van der Waals surface area contributed by atoms with Gasteiger partial charge in [-0.05, 0) is 26.0 Å². The Morgan fingerprint density at radius 1 is 1.27 bits per heavy atom. The number of ether oxygens (including phenoxy) is 1. The molecule has 2 rings (SSSR count). The van der Waals surface area contributed by atoms with E-state index in [1.165, 1.54) is 4.90 Å². The lowest BCUT2D eigenvalue weighted by Gasteiger charge is -2.35. The average molecular weight is 396 g/mol. The van der Waals surface area contributed by atoms with Gasteiger partial charge in [0.1, 0.15) is 11.8 Å². The van der Waals surface area contributed by atoms with Crippen LogP contribution >= 0.6 is 12.4 Å². The monoisotopic (exact) mass is 395 g/mol. The Kier molecular flexibility index (Phi) is 8.66. The van der Waals surface area contributed by atoms with E-state index in [0.717, 1.165) is 0 Å². The molecule has 0 saturated carbocycles. The van der Waals surface area contributed by atoms with Gasteiger partial charge < -0.3 is 15.4 Å². The summed E-state index contributed by atoms with van der Waals surface area (Å²) in [5.41, 5.74) is 0.234. The second kappa shape index (κ2) is 9.99. The fourth-order valence-corrected chi connectivity index (χ4v) is 2.74. The molecular weight excluding hydrogens is 371 g/mol. The van der Waals surface area contributed by atoms with Crippen LogP contribution < -0.4 is 15.4 Å². The Morgan fingerprint density at radius 2 is 1.88 bits per heavy atom. The summed E-state index contributed by atoms with van der Waals surface area (Å²) in [6.45, 7) is 4.76. The first-order valence-corrected chi connectivity index (χ1v) is 8.34. The van der Waals surface area contributed by atoms with Gasteiger partial charge in [-0.2, -0.15) is 13.2 Å². The molecule has 26 heavy (non-hydrogen) atoms. The van der Waals surface area contributed by atoms with Gasteiger partial charge in [0.2, 0.25) is 0 Å². The summed E-state index contributed by atoms with van der Waals surface area (Å²) in [6, 6.07) is 4.84. The van der Waals surface area contributed by atoms with Crippen LogP contribution in [0, 0.1) is 0 Å². The van der Waals surface area contributed by atoms with Crippen LogP contribution in [0.3, 0.4) is 0 Å². The minimum atomic E-state index is -4.40. The summed E-state index contributed by atoms with van der Waals surface area (Å²) < 4.78 is 45.7.